The molecule has 0 fully saturated rings. The molecule has 19 rings (SSSR count). The summed E-state index contributed by atoms with van der Waals surface area (Å²) in [7, 11) is 0. The summed E-state index contributed by atoms with van der Waals surface area (Å²) in [4.78, 5) is 4.79. The van der Waals surface area contributed by atoms with Crippen LogP contribution in [0, 0.1) is 0 Å². The standard InChI is InChI=1S/C52H35NS.C48H33NS/c1-3-13-37(14-4-1)46-34-29-41(35-48(46)39-15-5-2-6-16-39)36-25-30-42(31-26-36)53(49-22-12-24-51-52(49)47-20-9-10-23-50(47)54-51)43-32-27-40(28-33-43)45-21-11-18-38-17-7-8-19-44(38)45;1-4-12-34(13-5-1)35-20-25-40(26-21-35)49(42-29-31-45-44-18-10-11-19-47(44)50-48(45)33-42)41-27-22-36(23-28-41)39-24-30-43(37-14-6-2-7-15-37)46(32-39)38-16-8-3-9-17-38/h1-35H;1-33H. The molecule has 4 heteroatoms. The molecule has 2 nitrogen and oxygen atoms in total. The van der Waals surface area contributed by atoms with Gasteiger partial charge in [0.1, 0.15) is 0 Å². The molecule has 0 spiro atoms. The molecule has 0 amide bonds. The van der Waals surface area contributed by atoms with E-state index in [0.717, 1.165) is 28.4 Å². The van der Waals surface area contributed by atoms with Crippen LogP contribution in [0.15, 0.2) is 413 Å². The van der Waals surface area contributed by atoms with Gasteiger partial charge in [-0.15, -0.1) is 22.7 Å². The van der Waals surface area contributed by atoms with Gasteiger partial charge in [-0.3, -0.25) is 0 Å². The zero-order valence-corrected chi connectivity index (χ0v) is 58.6. The second kappa shape index (κ2) is 28.2. The Hall–Kier alpha value is -13.0. The largest absolute Gasteiger partial charge is 0.310 e. The summed E-state index contributed by atoms with van der Waals surface area (Å²) in [6, 6.07) is 149. The lowest BCUT2D eigenvalue weighted by atomic mass is 9.91. The lowest BCUT2D eigenvalue weighted by Gasteiger charge is -2.27. The van der Waals surface area contributed by atoms with Crippen LogP contribution < -0.4 is 9.80 Å². The number of hydrogen-bond donors (Lipinski definition) is 0. The highest BCUT2D eigenvalue weighted by Crippen LogP contribution is 2.48. The summed E-state index contributed by atoms with van der Waals surface area (Å²) in [5.74, 6) is 0. The molecule has 0 atom stereocenters. The Bertz CT molecular complexity index is 6230. The molecule has 0 radical (unpaired) electrons. The number of nitrogens with zero attached hydrogens (tertiary/aromatic N) is 2. The molecule has 0 bridgehead atoms. The third-order valence-corrected chi connectivity index (χ3v) is 22.3. The van der Waals surface area contributed by atoms with Gasteiger partial charge in [0, 0.05) is 68.8 Å². The minimum atomic E-state index is 1.11. The summed E-state index contributed by atoms with van der Waals surface area (Å²) in [6.07, 6.45) is 0. The van der Waals surface area contributed by atoms with Crippen molar-refractivity contribution < 1.29 is 0 Å². The molecule has 0 unspecified atom stereocenters. The van der Waals surface area contributed by atoms with Crippen LogP contribution in [-0.2, 0) is 0 Å². The van der Waals surface area contributed by atoms with Gasteiger partial charge in [0.2, 0.25) is 0 Å². The third-order valence-electron chi connectivity index (χ3n) is 20.0. The Kier molecular flexibility index (Phi) is 17.2. The Morgan fingerprint density at radius 2 is 0.500 bits per heavy atom. The first kappa shape index (κ1) is 63.2. The molecule has 17 aromatic carbocycles. The Morgan fingerprint density at radius 1 is 0.163 bits per heavy atom. The Labute approximate surface area is 614 Å². The number of rotatable bonds is 14. The van der Waals surface area contributed by atoms with Gasteiger partial charge in [-0.25, -0.2) is 0 Å². The van der Waals surface area contributed by atoms with Gasteiger partial charge in [0.05, 0.1) is 5.69 Å². The van der Waals surface area contributed by atoms with Crippen LogP contribution in [0.25, 0.3) is 140 Å². The van der Waals surface area contributed by atoms with Gasteiger partial charge in [-0.1, -0.05) is 315 Å². The fourth-order valence-electron chi connectivity index (χ4n) is 14.9. The monoisotopic (exact) mass is 1360 g/mol. The minimum absolute atomic E-state index is 1.11. The van der Waals surface area contributed by atoms with Crippen molar-refractivity contribution in [2.24, 2.45) is 0 Å². The normalized spacial score (nSPS) is 11.3. The molecule has 0 aliphatic heterocycles. The van der Waals surface area contributed by atoms with E-state index in [1.165, 1.54) is 146 Å². The summed E-state index contributed by atoms with van der Waals surface area (Å²) in [5.41, 5.74) is 26.2. The average Bonchev–Trinajstić information content (AvgIpc) is 1.51. The zero-order chi connectivity index (χ0) is 69.1. The highest BCUT2D eigenvalue weighted by atomic mass is 32.1. The van der Waals surface area contributed by atoms with Crippen molar-refractivity contribution in [3.8, 4) is 89.0 Å². The summed E-state index contributed by atoms with van der Waals surface area (Å²) < 4.78 is 5.19. The first-order valence-electron chi connectivity index (χ1n) is 35.4. The van der Waals surface area contributed by atoms with E-state index in [1.807, 2.05) is 22.7 Å². The van der Waals surface area contributed by atoms with E-state index in [-0.39, 0.29) is 0 Å². The Morgan fingerprint density at radius 3 is 1.03 bits per heavy atom. The van der Waals surface area contributed by atoms with Crippen molar-refractivity contribution in [2.75, 3.05) is 9.80 Å². The minimum Gasteiger partial charge on any atom is -0.310 e. The van der Waals surface area contributed by atoms with Crippen molar-refractivity contribution in [1.82, 2.24) is 0 Å². The summed E-state index contributed by atoms with van der Waals surface area (Å²) in [6.45, 7) is 0. The lowest BCUT2D eigenvalue weighted by molar-refractivity contribution is 1.29. The van der Waals surface area contributed by atoms with Crippen LogP contribution in [0.4, 0.5) is 34.1 Å². The van der Waals surface area contributed by atoms with Crippen LogP contribution >= 0.6 is 22.7 Å². The van der Waals surface area contributed by atoms with Gasteiger partial charge in [0.15, 0.2) is 0 Å². The quantitative estimate of drug-likeness (QED) is 0.107. The maximum atomic E-state index is 2.42. The molecule has 0 saturated carbocycles. The van der Waals surface area contributed by atoms with E-state index in [0.29, 0.717) is 0 Å². The van der Waals surface area contributed by atoms with Crippen LogP contribution in [0.5, 0.6) is 0 Å². The number of fused-ring (bicyclic) bond motifs is 7. The molecule has 2 heterocycles. The van der Waals surface area contributed by atoms with Gasteiger partial charge >= 0.3 is 0 Å². The van der Waals surface area contributed by atoms with Crippen LogP contribution in [0.2, 0.25) is 0 Å². The fourth-order valence-corrected chi connectivity index (χ4v) is 17.1. The van der Waals surface area contributed by atoms with E-state index in [9.17, 15) is 0 Å². The van der Waals surface area contributed by atoms with Crippen molar-refractivity contribution >= 4 is 108 Å². The van der Waals surface area contributed by atoms with Gasteiger partial charge in [0.25, 0.3) is 0 Å². The number of hydrogen-bond acceptors (Lipinski definition) is 4. The van der Waals surface area contributed by atoms with E-state index >= 15 is 0 Å². The van der Waals surface area contributed by atoms with Crippen molar-refractivity contribution in [2.45, 2.75) is 0 Å². The first-order valence-corrected chi connectivity index (χ1v) is 37.1. The van der Waals surface area contributed by atoms with Crippen molar-refractivity contribution in [3.05, 3.63) is 413 Å². The molecule has 104 heavy (non-hydrogen) atoms. The lowest BCUT2D eigenvalue weighted by Crippen LogP contribution is -2.10. The zero-order valence-electron chi connectivity index (χ0n) is 57.0. The predicted octanol–water partition coefficient (Wildman–Crippen LogP) is 29.5. The average molecular weight is 1360 g/mol. The number of benzene rings is 17. The second-order valence-corrected chi connectivity index (χ2v) is 28.4. The molecule has 490 valence electrons. The van der Waals surface area contributed by atoms with Crippen molar-refractivity contribution in [3.63, 3.8) is 0 Å². The smallest absolute Gasteiger partial charge is 0.0554 e. The topological polar surface area (TPSA) is 6.48 Å². The molecule has 0 aliphatic carbocycles. The molecular weight excluding hydrogens is 1290 g/mol. The molecule has 2 aromatic heterocycles. The Balaban J connectivity index is 0.000000149. The number of anilines is 6. The van der Waals surface area contributed by atoms with E-state index in [4.69, 9.17) is 0 Å². The second-order valence-electron chi connectivity index (χ2n) is 26.3. The molecule has 0 N–H and O–H groups in total. The highest BCUT2D eigenvalue weighted by Gasteiger charge is 2.22. The van der Waals surface area contributed by atoms with E-state index in [2.05, 4.69) is 422 Å². The maximum Gasteiger partial charge on any atom is 0.0554 e. The molecule has 19 aromatic rings. The molecule has 0 saturated heterocycles. The SMILES string of the molecule is c1ccc(-c2ccc(-c3ccc(N(c4ccc(-c5cccc6ccccc56)cc4)c4cccc5sc6ccccc6c45)cc3)cc2-c2ccccc2)cc1.c1ccc(-c2ccc(N(c3ccc(-c4ccc(-c5ccccc5)c(-c5ccccc5)c4)cc3)c3ccc4c(c3)sc3ccccc34)cc2)cc1. The maximum absolute atomic E-state index is 2.42. The third kappa shape index (κ3) is 12.5. The van der Waals surface area contributed by atoms with E-state index < -0.39 is 0 Å². The van der Waals surface area contributed by atoms with Crippen LogP contribution in [-0.4, -0.2) is 0 Å². The summed E-state index contributed by atoms with van der Waals surface area (Å²) >= 11 is 3.71. The summed E-state index contributed by atoms with van der Waals surface area (Å²) in [5, 5.41) is 7.70. The predicted molar refractivity (Wildman–Crippen MR) is 449 cm³/mol. The molecular formula is C100H68N2S2. The first-order chi connectivity index (χ1) is 51.6. The van der Waals surface area contributed by atoms with Gasteiger partial charge in [-0.05, 0) is 197 Å². The van der Waals surface area contributed by atoms with E-state index in [1.54, 1.807) is 0 Å². The van der Waals surface area contributed by atoms with Crippen molar-refractivity contribution in [1.29, 1.82) is 0 Å². The van der Waals surface area contributed by atoms with Gasteiger partial charge < -0.3 is 9.80 Å². The highest BCUT2D eigenvalue weighted by molar-refractivity contribution is 7.26. The van der Waals surface area contributed by atoms with Gasteiger partial charge in [-0.2, -0.15) is 0 Å². The fraction of sp³-hybridized carbons (Fsp3) is 0. The number of thiophene rings is 2. The van der Waals surface area contributed by atoms with Crippen LogP contribution in [0.3, 0.4) is 0 Å². The molecule has 0 aliphatic rings. The van der Waals surface area contributed by atoms with Crippen LogP contribution in [0.1, 0.15) is 0 Å².